The third-order valence-electron chi connectivity index (χ3n) is 2.66. The highest BCUT2D eigenvalue weighted by atomic mass is 35.5. The van der Waals surface area contributed by atoms with Gasteiger partial charge in [-0.3, -0.25) is 14.9 Å². The van der Waals surface area contributed by atoms with E-state index in [2.05, 4.69) is 10.6 Å². The van der Waals surface area contributed by atoms with Crippen molar-refractivity contribution in [2.24, 2.45) is 5.92 Å². The van der Waals surface area contributed by atoms with E-state index in [-0.39, 0.29) is 18.4 Å². The van der Waals surface area contributed by atoms with Gasteiger partial charge in [0.15, 0.2) is 0 Å². The first-order chi connectivity index (χ1) is 9.40. The number of carbonyl (C=O) groups is 2. The van der Waals surface area contributed by atoms with E-state index in [1.54, 1.807) is 24.3 Å². The van der Waals surface area contributed by atoms with Crippen LogP contribution in [0.4, 0.5) is 5.69 Å². The summed E-state index contributed by atoms with van der Waals surface area (Å²) in [6, 6.07) is 6.14. The Morgan fingerprint density at radius 2 is 1.95 bits per heavy atom. The Balaban J connectivity index is 2.50. The number of aliphatic carboxylic acids is 1. The summed E-state index contributed by atoms with van der Waals surface area (Å²) < 4.78 is 0. The average molecular weight is 299 g/mol. The van der Waals surface area contributed by atoms with Crippen molar-refractivity contribution < 1.29 is 14.7 Å². The maximum atomic E-state index is 11.8. The molecule has 1 aromatic rings. The highest BCUT2D eigenvalue weighted by Gasteiger charge is 2.19. The Labute approximate surface area is 123 Å². The molecular weight excluding hydrogens is 280 g/mol. The number of nitrogens with one attached hydrogen (secondary N) is 2. The molecule has 1 amide bonds. The lowest BCUT2D eigenvalue weighted by Gasteiger charge is -2.16. The number of carbonyl (C=O) groups excluding carboxylic acids is 1. The van der Waals surface area contributed by atoms with Gasteiger partial charge < -0.3 is 10.4 Å². The Morgan fingerprint density at radius 1 is 1.30 bits per heavy atom. The molecule has 3 N–H and O–H groups in total. The lowest BCUT2D eigenvalue weighted by Crippen LogP contribution is -2.42. The molecule has 0 heterocycles. The van der Waals surface area contributed by atoms with Crippen LogP contribution < -0.4 is 10.6 Å². The van der Waals surface area contributed by atoms with Crippen LogP contribution in [0.15, 0.2) is 24.3 Å². The van der Waals surface area contributed by atoms with Crippen molar-refractivity contribution in [1.29, 1.82) is 0 Å². The van der Waals surface area contributed by atoms with E-state index in [1.807, 2.05) is 13.8 Å². The van der Waals surface area contributed by atoms with Gasteiger partial charge in [-0.25, -0.2) is 0 Å². The molecule has 0 spiro atoms. The topological polar surface area (TPSA) is 78.4 Å². The second kappa shape index (κ2) is 7.87. The molecule has 0 bridgehead atoms. The van der Waals surface area contributed by atoms with Gasteiger partial charge in [-0.05, 0) is 24.5 Å². The molecular formula is C14H19ClN2O3. The summed E-state index contributed by atoms with van der Waals surface area (Å²) in [4.78, 5) is 22.8. The lowest BCUT2D eigenvalue weighted by atomic mass is 10.0. The quantitative estimate of drug-likeness (QED) is 0.722. The van der Waals surface area contributed by atoms with E-state index in [4.69, 9.17) is 16.7 Å². The summed E-state index contributed by atoms with van der Waals surface area (Å²) in [6.45, 7) is 3.79. The van der Waals surface area contributed by atoms with Crippen molar-refractivity contribution >= 4 is 29.2 Å². The maximum absolute atomic E-state index is 11.8. The molecule has 0 aliphatic carbocycles. The number of halogens is 1. The van der Waals surface area contributed by atoms with Crippen LogP contribution in [0.5, 0.6) is 0 Å². The number of carboxylic acids is 1. The van der Waals surface area contributed by atoms with Gasteiger partial charge >= 0.3 is 5.97 Å². The minimum atomic E-state index is -0.954. The van der Waals surface area contributed by atoms with Crippen LogP contribution in [-0.4, -0.2) is 29.6 Å². The first kappa shape index (κ1) is 16.5. The van der Waals surface area contributed by atoms with E-state index >= 15 is 0 Å². The van der Waals surface area contributed by atoms with Crippen molar-refractivity contribution in [1.82, 2.24) is 5.32 Å². The van der Waals surface area contributed by atoms with Gasteiger partial charge in [0.1, 0.15) is 6.04 Å². The predicted octanol–water partition coefficient (Wildman–Crippen LogP) is 2.37. The van der Waals surface area contributed by atoms with Gasteiger partial charge in [0.2, 0.25) is 5.91 Å². The Hall–Kier alpha value is -1.59. The highest BCUT2D eigenvalue weighted by Crippen LogP contribution is 2.20. The molecule has 0 radical (unpaired) electrons. The van der Waals surface area contributed by atoms with E-state index in [0.29, 0.717) is 17.1 Å². The minimum absolute atomic E-state index is 0.0745. The molecule has 1 atom stereocenters. The van der Waals surface area contributed by atoms with Crippen molar-refractivity contribution in [2.45, 2.75) is 26.3 Å². The molecule has 0 fully saturated rings. The fourth-order valence-electron chi connectivity index (χ4n) is 1.72. The molecule has 0 aromatic heterocycles. The predicted molar refractivity (Wildman–Crippen MR) is 79.0 cm³/mol. The SMILES string of the molecule is CC(C)CC(NCC(=O)Nc1ccccc1Cl)C(=O)O. The monoisotopic (exact) mass is 298 g/mol. The lowest BCUT2D eigenvalue weighted by molar-refractivity contribution is -0.139. The van der Waals surface area contributed by atoms with Gasteiger partial charge in [-0.1, -0.05) is 37.6 Å². The third kappa shape index (κ3) is 5.59. The van der Waals surface area contributed by atoms with Crippen LogP contribution in [0.3, 0.4) is 0 Å². The summed E-state index contributed by atoms with van der Waals surface area (Å²) in [6.07, 6.45) is 0.467. The summed E-state index contributed by atoms with van der Waals surface area (Å²) >= 11 is 5.92. The number of para-hydroxylation sites is 1. The summed E-state index contributed by atoms with van der Waals surface area (Å²) in [5.41, 5.74) is 0.511. The van der Waals surface area contributed by atoms with E-state index in [0.717, 1.165) is 0 Å². The number of amides is 1. The molecule has 1 rings (SSSR count). The minimum Gasteiger partial charge on any atom is -0.480 e. The van der Waals surface area contributed by atoms with Crippen LogP contribution >= 0.6 is 11.6 Å². The van der Waals surface area contributed by atoms with Gasteiger partial charge in [-0.15, -0.1) is 0 Å². The molecule has 20 heavy (non-hydrogen) atoms. The van der Waals surface area contributed by atoms with Gasteiger partial charge in [-0.2, -0.15) is 0 Å². The Morgan fingerprint density at radius 3 is 2.50 bits per heavy atom. The largest absolute Gasteiger partial charge is 0.480 e. The van der Waals surface area contributed by atoms with Crippen molar-refractivity contribution in [2.75, 3.05) is 11.9 Å². The number of benzene rings is 1. The summed E-state index contributed by atoms with van der Waals surface area (Å²) in [5.74, 6) is -1.05. The first-order valence-corrected chi connectivity index (χ1v) is 6.78. The molecule has 0 saturated carbocycles. The maximum Gasteiger partial charge on any atom is 0.320 e. The zero-order chi connectivity index (χ0) is 15.1. The molecule has 1 aromatic carbocycles. The zero-order valence-electron chi connectivity index (χ0n) is 11.5. The highest BCUT2D eigenvalue weighted by molar-refractivity contribution is 6.33. The van der Waals surface area contributed by atoms with Gasteiger partial charge in [0, 0.05) is 0 Å². The second-order valence-electron chi connectivity index (χ2n) is 4.93. The van der Waals surface area contributed by atoms with Crippen LogP contribution in [0.25, 0.3) is 0 Å². The van der Waals surface area contributed by atoms with Gasteiger partial charge in [0.05, 0.1) is 17.3 Å². The van der Waals surface area contributed by atoms with E-state index < -0.39 is 12.0 Å². The normalized spacial score (nSPS) is 12.2. The van der Waals surface area contributed by atoms with E-state index in [1.165, 1.54) is 0 Å². The Bertz CT molecular complexity index is 477. The molecule has 0 saturated heterocycles. The van der Waals surface area contributed by atoms with Crippen LogP contribution in [0, 0.1) is 5.92 Å². The molecule has 6 heteroatoms. The van der Waals surface area contributed by atoms with Crippen molar-refractivity contribution in [3.05, 3.63) is 29.3 Å². The molecule has 0 aliphatic rings. The number of hydrogen-bond acceptors (Lipinski definition) is 3. The zero-order valence-corrected chi connectivity index (χ0v) is 12.3. The second-order valence-corrected chi connectivity index (χ2v) is 5.34. The number of carboxylic acid groups (broad SMARTS) is 1. The van der Waals surface area contributed by atoms with Crippen LogP contribution in [-0.2, 0) is 9.59 Å². The van der Waals surface area contributed by atoms with Crippen LogP contribution in [0.2, 0.25) is 5.02 Å². The van der Waals surface area contributed by atoms with Gasteiger partial charge in [0.25, 0.3) is 0 Å². The molecule has 110 valence electrons. The number of rotatable bonds is 7. The third-order valence-corrected chi connectivity index (χ3v) is 2.99. The number of hydrogen-bond donors (Lipinski definition) is 3. The van der Waals surface area contributed by atoms with Crippen molar-refractivity contribution in [3.63, 3.8) is 0 Å². The fourth-order valence-corrected chi connectivity index (χ4v) is 1.90. The number of anilines is 1. The van der Waals surface area contributed by atoms with Crippen molar-refractivity contribution in [3.8, 4) is 0 Å². The standard InChI is InChI=1S/C14H19ClN2O3/c1-9(2)7-12(14(19)20)16-8-13(18)17-11-6-4-3-5-10(11)15/h3-6,9,12,16H,7-8H2,1-2H3,(H,17,18)(H,19,20). The summed E-state index contributed by atoms with van der Waals surface area (Å²) in [5, 5.41) is 14.9. The van der Waals surface area contributed by atoms with E-state index in [9.17, 15) is 9.59 Å². The first-order valence-electron chi connectivity index (χ1n) is 6.40. The molecule has 0 aliphatic heterocycles. The summed E-state index contributed by atoms with van der Waals surface area (Å²) in [7, 11) is 0. The smallest absolute Gasteiger partial charge is 0.320 e. The Kier molecular flexibility index (Phi) is 6.48. The van der Waals surface area contributed by atoms with Crippen LogP contribution in [0.1, 0.15) is 20.3 Å². The average Bonchev–Trinajstić information content (AvgIpc) is 2.36. The molecule has 1 unspecified atom stereocenters. The fraction of sp³-hybridized carbons (Fsp3) is 0.429. The molecule has 5 nitrogen and oxygen atoms in total.